The number of rotatable bonds is 3. The van der Waals surface area contributed by atoms with E-state index in [1.54, 1.807) is 6.07 Å². The molecule has 0 spiro atoms. The number of sulfonamides is 1. The van der Waals surface area contributed by atoms with Crippen molar-refractivity contribution in [1.29, 1.82) is 0 Å². The Bertz CT molecular complexity index is 609. The van der Waals surface area contributed by atoms with Gasteiger partial charge in [-0.25, -0.2) is 8.42 Å². The average molecular weight is 384 g/mol. The third kappa shape index (κ3) is 3.12. The molecule has 0 aliphatic carbocycles. The minimum absolute atomic E-state index is 0.0912. The summed E-state index contributed by atoms with van der Waals surface area (Å²) in [6.45, 7) is 3.44. The summed E-state index contributed by atoms with van der Waals surface area (Å²) in [5.41, 5.74) is 0. The Balaban J connectivity index is 2.48. The Morgan fingerprint density at radius 1 is 1.50 bits per heavy atom. The molecule has 112 valence electrons. The van der Waals surface area contributed by atoms with Crippen LogP contribution in [0.5, 0.6) is 5.75 Å². The highest BCUT2D eigenvalue weighted by Crippen LogP contribution is 2.36. The van der Waals surface area contributed by atoms with Gasteiger partial charge in [-0.3, -0.25) is 0 Å². The van der Waals surface area contributed by atoms with Gasteiger partial charge in [0.05, 0.1) is 11.6 Å². The summed E-state index contributed by atoms with van der Waals surface area (Å²) in [4.78, 5) is 0.0912. The number of nitrogens with one attached hydrogen (secondary N) is 1. The molecule has 1 atom stereocenters. The molecule has 1 aromatic rings. The van der Waals surface area contributed by atoms with E-state index >= 15 is 0 Å². The van der Waals surface area contributed by atoms with Gasteiger partial charge >= 0.3 is 0 Å². The predicted octanol–water partition coefficient (Wildman–Crippen LogP) is 2.09. The van der Waals surface area contributed by atoms with Crippen molar-refractivity contribution in [2.24, 2.45) is 0 Å². The predicted molar refractivity (Wildman–Crippen MR) is 81.9 cm³/mol. The maximum Gasteiger partial charge on any atom is 0.246 e. The second-order valence-corrected chi connectivity index (χ2v) is 7.83. The lowest BCUT2D eigenvalue weighted by Gasteiger charge is -2.31. The average Bonchev–Trinajstić information content (AvgIpc) is 2.38. The van der Waals surface area contributed by atoms with Crippen molar-refractivity contribution in [3.63, 3.8) is 0 Å². The van der Waals surface area contributed by atoms with Crippen LogP contribution in [0.15, 0.2) is 21.5 Å². The van der Waals surface area contributed by atoms with Crippen LogP contribution in [0, 0.1) is 0 Å². The Hall–Kier alpha value is -0.340. The molecule has 1 heterocycles. The topological polar surface area (TPSA) is 58.6 Å². The van der Waals surface area contributed by atoms with Gasteiger partial charge in [-0.15, -0.1) is 0 Å². The van der Waals surface area contributed by atoms with Crippen LogP contribution in [0.25, 0.3) is 0 Å². The van der Waals surface area contributed by atoms with E-state index in [1.165, 1.54) is 17.5 Å². The zero-order chi connectivity index (χ0) is 14.9. The second kappa shape index (κ2) is 6.19. The number of hydrogen-bond acceptors (Lipinski definition) is 4. The summed E-state index contributed by atoms with van der Waals surface area (Å²) in [5, 5.41) is 3.56. The molecule has 8 heteroatoms. The lowest BCUT2D eigenvalue weighted by atomic mass is 10.3. The third-order valence-corrected chi connectivity index (χ3v) is 5.81. The van der Waals surface area contributed by atoms with Gasteiger partial charge in [0, 0.05) is 30.7 Å². The van der Waals surface area contributed by atoms with E-state index in [0.717, 1.165) is 0 Å². The smallest absolute Gasteiger partial charge is 0.246 e. The molecule has 0 amide bonds. The molecule has 1 N–H and O–H groups in total. The Labute approximate surface area is 132 Å². The summed E-state index contributed by atoms with van der Waals surface area (Å²) >= 11 is 9.25. The number of benzene rings is 1. The van der Waals surface area contributed by atoms with E-state index < -0.39 is 10.0 Å². The van der Waals surface area contributed by atoms with Crippen molar-refractivity contribution in [3.05, 3.63) is 21.6 Å². The summed E-state index contributed by atoms with van der Waals surface area (Å²) in [6.07, 6.45) is 0. The van der Waals surface area contributed by atoms with Crippen molar-refractivity contribution < 1.29 is 13.2 Å². The van der Waals surface area contributed by atoms with Crippen molar-refractivity contribution in [1.82, 2.24) is 9.62 Å². The first kappa shape index (κ1) is 16.0. The largest absolute Gasteiger partial charge is 0.494 e. The van der Waals surface area contributed by atoms with E-state index in [-0.39, 0.29) is 16.7 Å². The number of halogens is 2. The third-order valence-electron chi connectivity index (χ3n) is 3.13. The van der Waals surface area contributed by atoms with Gasteiger partial charge in [-0.2, -0.15) is 4.31 Å². The molecule has 1 aromatic carbocycles. The van der Waals surface area contributed by atoms with Crippen LogP contribution >= 0.6 is 27.5 Å². The van der Waals surface area contributed by atoms with Crippen LogP contribution in [0.4, 0.5) is 0 Å². The van der Waals surface area contributed by atoms with Crippen molar-refractivity contribution in [3.8, 4) is 5.75 Å². The first-order valence-electron chi connectivity index (χ1n) is 6.13. The maximum absolute atomic E-state index is 12.8. The molecule has 5 nitrogen and oxygen atoms in total. The molecule has 0 radical (unpaired) electrons. The molecule has 2 rings (SSSR count). The number of methoxy groups -OCH3 is 1. The van der Waals surface area contributed by atoms with Crippen LogP contribution in [0.1, 0.15) is 6.92 Å². The molecule has 0 saturated carbocycles. The van der Waals surface area contributed by atoms with Gasteiger partial charge < -0.3 is 10.1 Å². The molecule has 1 aliphatic rings. The van der Waals surface area contributed by atoms with Crippen LogP contribution in [-0.2, 0) is 10.0 Å². The summed E-state index contributed by atoms with van der Waals surface area (Å²) in [6, 6.07) is 3.15. The van der Waals surface area contributed by atoms with Crippen molar-refractivity contribution >= 4 is 37.6 Å². The van der Waals surface area contributed by atoms with Crippen LogP contribution in [-0.4, -0.2) is 45.5 Å². The highest BCUT2D eigenvalue weighted by Gasteiger charge is 2.32. The zero-order valence-corrected chi connectivity index (χ0v) is 14.3. The molecule has 0 unspecified atom stereocenters. The zero-order valence-electron chi connectivity index (χ0n) is 11.2. The fraction of sp³-hybridized carbons (Fsp3) is 0.500. The Morgan fingerprint density at radius 3 is 2.80 bits per heavy atom. The highest BCUT2D eigenvalue weighted by molar-refractivity contribution is 9.10. The number of piperazine rings is 1. The fourth-order valence-corrected chi connectivity index (χ4v) is 5.08. The number of hydrogen-bond donors (Lipinski definition) is 1. The number of nitrogens with zero attached hydrogens (tertiary/aromatic N) is 1. The summed E-state index contributed by atoms with van der Waals surface area (Å²) < 4.78 is 32.7. The van der Waals surface area contributed by atoms with Crippen molar-refractivity contribution in [2.75, 3.05) is 26.7 Å². The van der Waals surface area contributed by atoms with E-state index in [2.05, 4.69) is 21.2 Å². The molecule has 1 saturated heterocycles. The fourth-order valence-electron chi connectivity index (χ4n) is 2.18. The number of ether oxygens (including phenoxy) is 1. The van der Waals surface area contributed by atoms with Crippen LogP contribution in [0.3, 0.4) is 0 Å². The first-order valence-corrected chi connectivity index (χ1v) is 8.74. The lowest BCUT2D eigenvalue weighted by molar-refractivity contribution is 0.308. The molecule has 0 bridgehead atoms. The van der Waals surface area contributed by atoms with E-state index in [1.807, 2.05) is 6.92 Å². The molecule has 1 fully saturated rings. The standard InChI is InChI=1S/C12H16BrClN2O3S/c1-8-7-16(4-3-15-8)20(17,18)11-6-9(14)5-10(13)12(11)19-2/h5-6,8,15H,3-4,7H2,1-2H3/t8-/m1/s1. The highest BCUT2D eigenvalue weighted by atomic mass is 79.9. The van der Waals surface area contributed by atoms with Crippen molar-refractivity contribution in [2.45, 2.75) is 17.9 Å². The molecular formula is C12H16BrClN2O3S. The van der Waals surface area contributed by atoms with E-state index in [4.69, 9.17) is 16.3 Å². The quantitative estimate of drug-likeness (QED) is 0.868. The maximum atomic E-state index is 12.8. The summed E-state index contributed by atoms with van der Waals surface area (Å²) in [5.74, 6) is 0.278. The van der Waals surface area contributed by atoms with Gasteiger partial charge in [0.2, 0.25) is 10.0 Å². The van der Waals surface area contributed by atoms with Gasteiger partial charge in [-0.1, -0.05) is 11.6 Å². The minimum atomic E-state index is -3.63. The SMILES string of the molecule is COc1c(Br)cc(Cl)cc1S(=O)(=O)N1CCN[C@H](C)C1. The lowest BCUT2D eigenvalue weighted by Crippen LogP contribution is -2.51. The van der Waals surface area contributed by atoms with Gasteiger partial charge in [-0.05, 0) is 35.0 Å². The van der Waals surface area contributed by atoms with Gasteiger partial charge in [0.1, 0.15) is 4.90 Å². The normalized spacial score (nSPS) is 20.9. The molecule has 1 aliphatic heterocycles. The Kier molecular flexibility index (Phi) is 4.96. The summed E-state index contributed by atoms with van der Waals surface area (Å²) in [7, 11) is -2.19. The monoisotopic (exact) mass is 382 g/mol. The van der Waals surface area contributed by atoms with Crippen LogP contribution in [0.2, 0.25) is 5.02 Å². The second-order valence-electron chi connectivity index (χ2n) is 4.64. The first-order chi connectivity index (χ1) is 9.36. The van der Waals surface area contributed by atoms with Crippen LogP contribution < -0.4 is 10.1 Å². The van der Waals surface area contributed by atoms with E-state index in [9.17, 15) is 8.42 Å². The van der Waals surface area contributed by atoms with Gasteiger partial charge in [0.25, 0.3) is 0 Å². The molecule has 20 heavy (non-hydrogen) atoms. The Morgan fingerprint density at radius 2 is 2.20 bits per heavy atom. The molecule has 0 aromatic heterocycles. The minimum Gasteiger partial charge on any atom is -0.494 e. The van der Waals surface area contributed by atoms with Gasteiger partial charge in [0.15, 0.2) is 5.75 Å². The molecular weight excluding hydrogens is 368 g/mol. The van der Waals surface area contributed by atoms with E-state index in [0.29, 0.717) is 29.1 Å².